The van der Waals surface area contributed by atoms with E-state index in [0.717, 1.165) is 44.1 Å². The molecule has 0 amide bonds. The molecule has 1 N–H and O–H groups in total. The first-order valence-corrected chi connectivity index (χ1v) is 7.58. The Bertz CT molecular complexity index is 570. The van der Waals surface area contributed by atoms with Crippen LogP contribution in [0.2, 0.25) is 0 Å². The highest BCUT2D eigenvalue weighted by Gasteiger charge is 2.19. The monoisotopic (exact) mass is 282 g/mol. The fraction of sp³-hybridized carbons (Fsp3) is 0.412. The van der Waals surface area contributed by atoms with Crippen molar-refractivity contribution < 1.29 is 0 Å². The van der Waals surface area contributed by atoms with Crippen LogP contribution in [0.1, 0.15) is 17.1 Å². The molecule has 1 atom stereocenters. The Morgan fingerprint density at radius 2 is 2.10 bits per heavy atom. The van der Waals surface area contributed by atoms with Crippen molar-refractivity contribution in [3.05, 3.63) is 59.7 Å². The maximum absolute atomic E-state index is 4.50. The lowest BCUT2D eigenvalue weighted by Crippen LogP contribution is -2.51. The first-order chi connectivity index (χ1) is 10.3. The van der Waals surface area contributed by atoms with Crippen LogP contribution < -0.4 is 5.32 Å². The zero-order chi connectivity index (χ0) is 14.5. The normalized spacial score (nSPS) is 19.6. The van der Waals surface area contributed by atoms with Crippen molar-refractivity contribution in [3.63, 3.8) is 0 Å². The third-order valence-electron chi connectivity index (χ3n) is 3.88. The number of nitrogens with one attached hydrogen (secondary N) is 1. The van der Waals surface area contributed by atoms with Crippen molar-refractivity contribution in [3.8, 4) is 0 Å². The third-order valence-corrected chi connectivity index (χ3v) is 3.88. The quantitative estimate of drug-likeness (QED) is 0.928. The Morgan fingerprint density at radius 3 is 2.90 bits per heavy atom. The van der Waals surface area contributed by atoms with Crippen molar-refractivity contribution in [2.24, 2.45) is 0 Å². The van der Waals surface area contributed by atoms with Gasteiger partial charge in [0.15, 0.2) is 0 Å². The Kier molecular flexibility index (Phi) is 4.58. The molecular weight excluding hydrogens is 260 g/mol. The van der Waals surface area contributed by atoms with E-state index in [1.807, 2.05) is 19.2 Å². The van der Waals surface area contributed by atoms with Crippen molar-refractivity contribution >= 4 is 0 Å². The molecule has 110 valence electrons. The van der Waals surface area contributed by atoms with E-state index < -0.39 is 0 Å². The van der Waals surface area contributed by atoms with Crippen LogP contribution in [-0.2, 0) is 13.0 Å². The Balaban J connectivity index is 1.58. The predicted molar refractivity (Wildman–Crippen MR) is 84.0 cm³/mol. The molecule has 1 aliphatic rings. The predicted octanol–water partition coefficient (Wildman–Crippen LogP) is 1.80. The molecule has 0 aliphatic carbocycles. The van der Waals surface area contributed by atoms with Gasteiger partial charge in [0.05, 0.1) is 5.69 Å². The first-order valence-electron chi connectivity index (χ1n) is 7.58. The van der Waals surface area contributed by atoms with E-state index in [1.54, 1.807) is 0 Å². The standard InChI is InChI=1S/C17H22N4/c1-14-18-8-7-16(20-14)12-21-10-9-19-17(13-21)11-15-5-3-2-4-6-15/h2-8,17,19H,9-13H2,1H3. The summed E-state index contributed by atoms with van der Waals surface area (Å²) in [5.74, 6) is 0.850. The number of benzene rings is 1. The number of hydrogen-bond donors (Lipinski definition) is 1. The minimum absolute atomic E-state index is 0.518. The van der Waals surface area contributed by atoms with Crippen LogP contribution in [-0.4, -0.2) is 40.5 Å². The summed E-state index contributed by atoms with van der Waals surface area (Å²) in [4.78, 5) is 11.1. The van der Waals surface area contributed by atoms with E-state index in [9.17, 15) is 0 Å². The van der Waals surface area contributed by atoms with Gasteiger partial charge in [-0.2, -0.15) is 0 Å². The maximum atomic E-state index is 4.50. The number of hydrogen-bond acceptors (Lipinski definition) is 4. The molecule has 0 bridgehead atoms. The van der Waals surface area contributed by atoms with Crippen molar-refractivity contribution in [2.45, 2.75) is 25.9 Å². The topological polar surface area (TPSA) is 41.1 Å². The van der Waals surface area contributed by atoms with E-state index in [1.165, 1.54) is 5.56 Å². The van der Waals surface area contributed by atoms with Gasteiger partial charge < -0.3 is 5.32 Å². The van der Waals surface area contributed by atoms with Crippen LogP contribution in [0.5, 0.6) is 0 Å². The fourth-order valence-electron chi connectivity index (χ4n) is 2.90. The molecule has 1 aromatic heterocycles. The maximum Gasteiger partial charge on any atom is 0.125 e. The van der Waals surface area contributed by atoms with Crippen molar-refractivity contribution in [1.29, 1.82) is 0 Å². The van der Waals surface area contributed by atoms with Gasteiger partial charge in [-0.25, -0.2) is 9.97 Å². The minimum Gasteiger partial charge on any atom is -0.311 e. The lowest BCUT2D eigenvalue weighted by atomic mass is 10.0. The number of nitrogens with zero attached hydrogens (tertiary/aromatic N) is 3. The average molecular weight is 282 g/mol. The van der Waals surface area contributed by atoms with E-state index in [2.05, 4.69) is 50.5 Å². The zero-order valence-corrected chi connectivity index (χ0v) is 12.5. The molecule has 0 radical (unpaired) electrons. The largest absolute Gasteiger partial charge is 0.311 e. The van der Waals surface area contributed by atoms with E-state index >= 15 is 0 Å². The van der Waals surface area contributed by atoms with Gasteiger partial charge >= 0.3 is 0 Å². The molecule has 3 rings (SSSR count). The molecule has 1 saturated heterocycles. The van der Waals surface area contributed by atoms with Crippen molar-refractivity contribution in [2.75, 3.05) is 19.6 Å². The fourth-order valence-corrected chi connectivity index (χ4v) is 2.90. The molecule has 0 spiro atoms. The van der Waals surface area contributed by atoms with E-state index in [4.69, 9.17) is 0 Å². The number of rotatable bonds is 4. The van der Waals surface area contributed by atoms with Crippen LogP contribution in [0, 0.1) is 6.92 Å². The molecule has 1 aliphatic heterocycles. The van der Waals surface area contributed by atoms with Crippen LogP contribution in [0.15, 0.2) is 42.6 Å². The summed E-state index contributed by atoms with van der Waals surface area (Å²) in [5.41, 5.74) is 2.51. The van der Waals surface area contributed by atoms with Gasteiger partial charge in [0.25, 0.3) is 0 Å². The molecule has 2 aromatic rings. The van der Waals surface area contributed by atoms with E-state index in [-0.39, 0.29) is 0 Å². The molecule has 1 aromatic carbocycles. The number of piperazine rings is 1. The summed E-state index contributed by atoms with van der Waals surface area (Å²) in [6.07, 6.45) is 2.93. The van der Waals surface area contributed by atoms with Crippen LogP contribution in [0.4, 0.5) is 0 Å². The summed E-state index contributed by atoms with van der Waals surface area (Å²) in [7, 11) is 0. The highest BCUT2D eigenvalue weighted by molar-refractivity contribution is 5.16. The van der Waals surface area contributed by atoms with Gasteiger partial charge in [0.2, 0.25) is 0 Å². The second kappa shape index (κ2) is 6.78. The first kappa shape index (κ1) is 14.2. The smallest absolute Gasteiger partial charge is 0.125 e. The summed E-state index contributed by atoms with van der Waals surface area (Å²) in [6, 6.07) is 13.2. The van der Waals surface area contributed by atoms with Gasteiger partial charge in [-0.3, -0.25) is 4.90 Å². The molecule has 2 heterocycles. The summed E-state index contributed by atoms with van der Waals surface area (Å²) >= 11 is 0. The van der Waals surface area contributed by atoms with Gasteiger partial charge in [-0.15, -0.1) is 0 Å². The molecule has 4 nitrogen and oxygen atoms in total. The number of aromatic nitrogens is 2. The van der Waals surface area contributed by atoms with E-state index in [0.29, 0.717) is 6.04 Å². The molecule has 4 heteroatoms. The SMILES string of the molecule is Cc1nccc(CN2CCNC(Cc3ccccc3)C2)n1. The summed E-state index contributed by atoms with van der Waals surface area (Å²) in [5, 5.41) is 3.62. The van der Waals surface area contributed by atoms with Gasteiger partial charge in [0, 0.05) is 38.4 Å². The van der Waals surface area contributed by atoms with Crippen LogP contribution in [0.25, 0.3) is 0 Å². The van der Waals surface area contributed by atoms with Gasteiger partial charge in [-0.05, 0) is 25.0 Å². The van der Waals surface area contributed by atoms with Crippen LogP contribution in [0.3, 0.4) is 0 Å². The lowest BCUT2D eigenvalue weighted by molar-refractivity contribution is 0.190. The Hall–Kier alpha value is -1.78. The zero-order valence-electron chi connectivity index (χ0n) is 12.5. The highest BCUT2D eigenvalue weighted by Crippen LogP contribution is 2.10. The molecule has 1 unspecified atom stereocenters. The average Bonchev–Trinajstić information content (AvgIpc) is 2.49. The number of aryl methyl sites for hydroxylation is 1. The Morgan fingerprint density at radius 1 is 1.24 bits per heavy atom. The molecule has 0 saturated carbocycles. The minimum atomic E-state index is 0.518. The van der Waals surface area contributed by atoms with Crippen LogP contribution >= 0.6 is 0 Å². The lowest BCUT2D eigenvalue weighted by Gasteiger charge is -2.33. The van der Waals surface area contributed by atoms with Gasteiger partial charge in [-0.1, -0.05) is 30.3 Å². The Labute approximate surface area is 126 Å². The second-order valence-electron chi connectivity index (χ2n) is 5.67. The molecule has 21 heavy (non-hydrogen) atoms. The highest BCUT2D eigenvalue weighted by atomic mass is 15.2. The molecule has 1 fully saturated rings. The third kappa shape index (κ3) is 4.09. The van der Waals surface area contributed by atoms with Gasteiger partial charge in [0.1, 0.15) is 5.82 Å². The molecular formula is C17H22N4. The van der Waals surface area contributed by atoms with Crippen molar-refractivity contribution in [1.82, 2.24) is 20.2 Å². The second-order valence-corrected chi connectivity index (χ2v) is 5.67. The summed E-state index contributed by atoms with van der Waals surface area (Å²) in [6.45, 7) is 6.05. The summed E-state index contributed by atoms with van der Waals surface area (Å²) < 4.78 is 0.